The number of hydrogen-bond donors (Lipinski definition) is 3. The summed E-state index contributed by atoms with van der Waals surface area (Å²) in [6.45, 7) is 1.70. The highest BCUT2D eigenvalue weighted by molar-refractivity contribution is 5.89. The molecule has 0 aromatic heterocycles. The smallest absolute Gasteiger partial charge is 0.319 e. The predicted octanol–water partition coefficient (Wildman–Crippen LogP) is 3.13. The van der Waals surface area contributed by atoms with E-state index < -0.39 is 23.8 Å². The average Bonchev–Trinajstić information content (AvgIpc) is 2.49. The molecule has 0 aliphatic rings. The summed E-state index contributed by atoms with van der Waals surface area (Å²) >= 11 is 0. The van der Waals surface area contributed by atoms with Gasteiger partial charge in [-0.15, -0.1) is 0 Å². The standard InChI is InChI=1S/C16H16F2N2O2/c1-10-2-7-13(18)14(8-10)20-16(22)19-9-15(21)11-3-5-12(17)6-4-11/h2-8,15,21H,9H2,1H3,(H2,19,20,22)/t15-/m0/s1. The molecule has 6 heteroatoms. The molecule has 116 valence electrons. The number of nitrogens with one attached hydrogen (secondary N) is 2. The fourth-order valence-electron chi connectivity index (χ4n) is 1.89. The molecule has 0 fully saturated rings. The van der Waals surface area contributed by atoms with Crippen molar-refractivity contribution in [1.29, 1.82) is 0 Å². The summed E-state index contributed by atoms with van der Waals surface area (Å²) in [6, 6.07) is 9.03. The van der Waals surface area contributed by atoms with E-state index in [0.29, 0.717) is 5.56 Å². The van der Waals surface area contributed by atoms with Crippen LogP contribution >= 0.6 is 0 Å². The van der Waals surface area contributed by atoms with Gasteiger partial charge in [0.1, 0.15) is 11.6 Å². The van der Waals surface area contributed by atoms with E-state index in [-0.39, 0.29) is 12.2 Å². The van der Waals surface area contributed by atoms with Gasteiger partial charge < -0.3 is 15.7 Å². The molecule has 1 atom stereocenters. The van der Waals surface area contributed by atoms with Crippen LogP contribution in [0.15, 0.2) is 42.5 Å². The first-order valence-electron chi connectivity index (χ1n) is 6.70. The number of aryl methyl sites for hydroxylation is 1. The number of carbonyl (C=O) groups is 1. The third kappa shape index (κ3) is 4.26. The summed E-state index contributed by atoms with van der Waals surface area (Å²) in [5.41, 5.74) is 1.35. The van der Waals surface area contributed by atoms with Crippen molar-refractivity contribution >= 4 is 11.7 Å². The van der Waals surface area contributed by atoms with E-state index in [1.165, 1.54) is 36.4 Å². The summed E-state index contributed by atoms with van der Waals surface area (Å²) in [4.78, 5) is 11.7. The van der Waals surface area contributed by atoms with E-state index >= 15 is 0 Å². The van der Waals surface area contributed by atoms with E-state index in [4.69, 9.17) is 0 Å². The zero-order valence-electron chi connectivity index (χ0n) is 11.9. The minimum absolute atomic E-state index is 0.0637. The van der Waals surface area contributed by atoms with Crippen molar-refractivity contribution in [3.8, 4) is 0 Å². The highest BCUT2D eigenvalue weighted by Gasteiger charge is 2.11. The zero-order valence-corrected chi connectivity index (χ0v) is 11.9. The van der Waals surface area contributed by atoms with Gasteiger partial charge in [-0.25, -0.2) is 13.6 Å². The van der Waals surface area contributed by atoms with Crippen molar-refractivity contribution in [2.45, 2.75) is 13.0 Å². The van der Waals surface area contributed by atoms with Gasteiger partial charge in [-0.1, -0.05) is 18.2 Å². The average molecular weight is 306 g/mol. The van der Waals surface area contributed by atoms with Crippen LogP contribution in [0, 0.1) is 18.6 Å². The summed E-state index contributed by atoms with van der Waals surface area (Å²) in [5, 5.41) is 14.7. The van der Waals surface area contributed by atoms with E-state index in [0.717, 1.165) is 5.56 Å². The van der Waals surface area contributed by atoms with Gasteiger partial charge in [0.05, 0.1) is 11.8 Å². The number of urea groups is 1. The lowest BCUT2D eigenvalue weighted by atomic mass is 10.1. The molecule has 2 aromatic rings. The summed E-state index contributed by atoms with van der Waals surface area (Å²) in [6.07, 6.45) is -0.978. The number of amides is 2. The first-order chi connectivity index (χ1) is 10.5. The van der Waals surface area contributed by atoms with Crippen LogP contribution in [0.1, 0.15) is 17.2 Å². The second kappa shape index (κ2) is 7.00. The lowest BCUT2D eigenvalue weighted by Gasteiger charge is -2.13. The highest BCUT2D eigenvalue weighted by atomic mass is 19.1. The van der Waals surface area contributed by atoms with Crippen molar-refractivity contribution in [2.75, 3.05) is 11.9 Å². The highest BCUT2D eigenvalue weighted by Crippen LogP contribution is 2.16. The van der Waals surface area contributed by atoms with Crippen LogP contribution in [-0.2, 0) is 0 Å². The summed E-state index contributed by atoms with van der Waals surface area (Å²) < 4.78 is 26.3. The lowest BCUT2D eigenvalue weighted by molar-refractivity contribution is 0.175. The van der Waals surface area contributed by atoms with Crippen LogP contribution < -0.4 is 10.6 Å². The molecular weight excluding hydrogens is 290 g/mol. The molecule has 0 aliphatic carbocycles. The maximum atomic E-state index is 13.5. The SMILES string of the molecule is Cc1ccc(F)c(NC(=O)NC[C@H](O)c2ccc(F)cc2)c1. The Morgan fingerprint density at radius 1 is 1.18 bits per heavy atom. The number of halogens is 2. The molecule has 0 radical (unpaired) electrons. The summed E-state index contributed by atoms with van der Waals surface area (Å²) in [5.74, 6) is -0.948. The van der Waals surface area contributed by atoms with Crippen LogP contribution in [0.5, 0.6) is 0 Å². The zero-order chi connectivity index (χ0) is 16.1. The molecular formula is C16H16F2N2O2. The van der Waals surface area contributed by atoms with E-state index in [9.17, 15) is 18.7 Å². The largest absolute Gasteiger partial charge is 0.387 e. The molecule has 0 spiro atoms. The number of benzene rings is 2. The predicted molar refractivity (Wildman–Crippen MR) is 79.5 cm³/mol. The van der Waals surface area contributed by atoms with Gasteiger partial charge in [-0.3, -0.25) is 0 Å². The second-order valence-corrected chi connectivity index (χ2v) is 4.89. The fraction of sp³-hybridized carbons (Fsp3) is 0.188. The number of hydrogen-bond acceptors (Lipinski definition) is 2. The maximum absolute atomic E-state index is 13.5. The first-order valence-corrected chi connectivity index (χ1v) is 6.70. The Kier molecular flexibility index (Phi) is 5.06. The number of aliphatic hydroxyl groups excluding tert-OH is 1. The van der Waals surface area contributed by atoms with E-state index in [1.807, 2.05) is 0 Å². The molecule has 2 rings (SSSR count). The number of carbonyl (C=O) groups excluding carboxylic acids is 1. The van der Waals surface area contributed by atoms with Crippen molar-refractivity contribution < 1.29 is 18.7 Å². The Morgan fingerprint density at radius 3 is 2.55 bits per heavy atom. The van der Waals surface area contributed by atoms with Crippen molar-refractivity contribution in [3.05, 3.63) is 65.2 Å². The molecule has 2 amide bonds. The van der Waals surface area contributed by atoms with Gasteiger partial charge in [0, 0.05) is 6.54 Å². The van der Waals surface area contributed by atoms with E-state index in [2.05, 4.69) is 10.6 Å². The van der Waals surface area contributed by atoms with Gasteiger partial charge in [-0.2, -0.15) is 0 Å². The Balaban J connectivity index is 1.89. The third-order valence-electron chi connectivity index (χ3n) is 3.08. The third-order valence-corrected chi connectivity index (χ3v) is 3.08. The molecule has 3 N–H and O–H groups in total. The van der Waals surface area contributed by atoms with Gasteiger partial charge in [0.15, 0.2) is 0 Å². The van der Waals surface area contributed by atoms with Crippen LogP contribution in [0.4, 0.5) is 19.3 Å². The number of aliphatic hydroxyl groups is 1. The molecule has 0 saturated heterocycles. The van der Waals surface area contributed by atoms with Gasteiger partial charge in [0.25, 0.3) is 0 Å². The maximum Gasteiger partial charge on any atom is 0.319 e. The van der Waals surface area contributed by atoms with Gasteiger partial charge >= 0.3 is 6.03 Å². The Hall–Kier alpha value is -2.47. The van der Waals surface area contributed by atoms with E-state index in [1.54, 1.807) is 13.0 Å². The quantitative estimate of drug-likeness (QED) is 0.812. The van der Waals surface area contributed by atoms with Gasteiger partial charge in [0.2, 0.25) is 0 Å². The molecule has 4 nitrogen and oxygen atoms in total. The first kappa shape index (κ1) is 15.9. The Bertz CT molecular complexity index is 660. The molecule has 0 heterocycles. The molecule has 0 aliphatic heterocycles. The van der Waals surface area contributed by atoms with Gasteiger partial charge in [-0.05, 0) is 42.3 Å². The van der Waals surface area contributed by atoms with Crippen molar-refractivity contribution in [2.24, 2.45) is 0 Å². The number of anilines is 1. The van der Waals surface area contributed by atoms with Crippen LogP contribution in [0.25, 0.3) is 0 Å². The van der Waals surface area contributed by atoms with Crippen molar-refractivity contribution in [1.82, 2.24) is 5.32 Å². The number of rotatable bonds is 4. The molecule has 22 heavy (non-hydrogen) atoms. The van der Waals surface area contributed by atoms with Crippen molar-refractivity contribution in [3.63, 3.8) is 0 Å². The van der Waals surface area contributed by atoms with Crippen LogP contribution in [0.2, 0.25) is 0 Å². The monoisotopic (exact) mass is 306 g/mol. The molecule has 0 unspecified atom stereocenters. The van der Waals surface area contributed by atoms with Crippen LogP contribution in [-0.4, -0.2) is 17.7 Å². The topological polar surface area (TPSA) is 61.4 Å². The minimum atomic E-state index is -0.978. The molecule has 0 bridgehead atoms. The lowest BCUT2D eigenvalue weighted by Crippen LogP contribution is -2.32. The Labute approximate surface area is 126 Å². The molecule has 0 saturated carbocycles. The second-order valence-electron chi connectivity index (χ2n) is 4.89. The van der Waals surface area contributed by atoms with Crippen LogP contribution in [0.3, 0.4) is 0 Å². The molecule has 2 aromatic carbocycles. The normalized spacial score (nSPS) is 11.8. The fourth-order valence-corrected chi connectivity index (χ4v) is 1.89. The Morgan fingerprint density at radius 2 is 1.86 bits per heavy atom. The minimum Gasteiger partial charge on any atom is -0.387 e. The summed E-state index contributed by atoms with van der Waals surface area (Å²) in [7, 11) is 0.